The van der Waals surface area contributed by atoms with E-state index in [4.69, 9.17) is 15.2 Å². The first kappa shape index (κ1) is 18.7. The maximum Gasteiger partial charge on any atom is 0.267 e. The minimum atomic E-state index is -0.164. The Morgan fingerprint density at radius 2 is 2.21 bits per heavy atom. The molecule has 6 nitrogen and oxygen atoms in total. The van der Waals surface area contributed by atoms with E-state index >= 15 is 0 Å². The number of rotatable bonds is 6. The Labute approximate surface area is 150 Å². The number of nitrogens with two attached hydrogens (primary N) is 1. The third-order valence-electron chi connectivity index (χ3n) is 3.45. The molecule has 0 radical (unpaired) electrons. The molecule has 130 valence electrons. The lowest BCUT2D eigenvalue weighted by Gasteiger charge is -2.07. The number of hydrogen-bond acceptors (Lipinski definition) is 6. The molecule has 1 aliphatic rings. The van der Waals surface area contributed by atoms with Crippen molar-refractivity contribution in [1.29, 1.82) is 0 Å². The van der Waals surface area contributed by atoms with Crippen molar-refractivity contribution in [3.8, 4) is 5.75 Å². The number of anilines is 1. The number of ether oxygens (including phenoxy) is 2. The average molecular weight is 370 g/mol. The van der Waals surface area contributed by atoms with Crippen molar-refractivity contribution in [3.05, 3.63) is 40.3 Å². The molecule has 1 unspecified atom stereocenters. The Morgan fingerprint density at radius 3 is 2.88 bits per heavy atom. The van der Waals surface area contributed by atoms with E-state index in [9.17, 15) is 4.79 Å². The predicted molar refractivity (Wildman–Crippen MR) is 96.2 cm³/mol. The molecule has 1 aliphatic heterocycles. The molecule has 3 rings (SSSR count). The second-order valence-electron chi connectivity index (χ2n) is 5.18. The first-order valence-corrected chi connectivity index (χ1v) is 8.39. The van der Waals surface area contributed by atoms with Gasteiger partial charge in [0.15, 0.2) is 0 Å². The highest BCUT2D eigenvalue weighted by Crippen LogP contribution is 2.31. The SMILES string of the molecule is Cl.NCCOc1ccc(NC(=O)c2cnc(C3CCCO3)s2)cc1. The number of amides is 1. The predicted octanol–water partition coefficient (Wildman–Crippen LogP) is 3.01. The molecular weight excluding hydrogens is 350 g/mol. The molecule has 1 aromatic heterocycles. The van der Waals surface area contributed by atoms with E-state index in [1.807, 2.05) is 0 Å². The van der Waals surface area contributed by atoms with Crippen LogP contribution in [0.15, 0.2) is 30.5 Å². The summed E-state index contributed by atoms with van der Waals surface area (Å²) in [5.41, 5.74) is 6.10. The van der Waals surface area contributed by atoms with Crippen LogP contribution in [-0.2, 0) is 4.74 Å². The monoisotopic (exact) mass is 369 g/mol. The number of carbonyl (C=O) groups excluding carboxylic acids is 1. The lowest BCUT2D eigenvalue weighted by molar-refractivity contribution is 0.103. The summed E-state index contributed by atoms with van der Waals surface area (Å²) >= 11 is 1.39. The Balaban J connectivity index is 0.00000208. The normalized spacial score (nSPS) is 16.5. The summed E-state index contributed by atoms with van der Waals surface area (Å²) in [6.45, 7) is 1.71. The molecule has 1 amide bonds. The molecule has 0 saturated carbocycles. The van der Waals surface area contributed by atoms with Gasteiger partial charge in [0.05, 0.1) is 6.20 Å². The molecule has 1 fully saturated rings. The maximum atomic E-state index is 12.3. The van der Waals surface area contributed by atoms with Crippen LogP contribution >= 0.6 is 23.7 Å². The molecule has 0 bridgehead atoms. The molecule has 0 spiro atoms. The first-order valence-electron chi connectivity index (χ1n) is 7.58. The summed E-state index contributed by atoms with van der Waals surface area (Å²) in [5, 5.41) is 3.73. The number of benzene rings is 1. The van der Waals surface area contributed by atoms with E-state index < -0.39 is 0 Å². The molecule has 8 heteroatoms. The van der Waals surface area contributed by atoms with Crippen LogP contribution in [-0.4, -0.2) is 30.6 Å². The van der Waals surface area contributed by atoms with Gasteiger partial charge in [-0.1, -0.05) is 0 Å². The fourth-order valence-electron chi connectivity index (χ4n) is 2.32. The van der Waals surface area contributed by atoms with E-state index in [0.717, 1.165) is 30.2 Å². The topological polar surface area (TPSA) is 86.5 Å². The van der Waals surface area contributed by atoms with Crippen LogP contribution in [0.25, 0.3) is 0 Å². The second kappa shape index (κ2) is 8.98. The van der Waals surface area contributed by atoms with Gasteiger partial charge in [0.2, 0.25) is 0 Å². The van der Waals surface area contributed by atoms with Gasteiger partial charge in [0, 0.05) is 18.8 Å². The van der Waals surface area contributed by atoms with Crippen molar-refractivity contribution in [2.45, 2.75) is 18.9 Å². The Morgan fingerprint density at radius 1 is 1.42 bits per heavy atom. The van der Waals surface area contributed by atoms with Gasteiger partial charge in [-0.2, -0.15) is 0 Å². The minimum absolute atomic E-state index is 0. The average Bonchev–Trinajstić information content (AvgIpc) is 3.25. The first-order chi connectivity index (χ1) is 11.3. The van der Waals surface area contributed by atoms with Crippen molar-refractivity contribution in [3.63, 3.8) is 0 Å². The van der Waals surface area contributed by atoms with Crippen LogP contribution in [0.1, 0.15) is 33.6 Å². The summed E-state index contributed by atoms with van der Waals surface area (Å²) in [7, 11) is 0. The molecule has 1 saturated heterocycles. The second-order valence-corrected chi connectivity index (χ2v) is 6.24. The molecule has 2 aromatic rings. The molecule has 3 N–H and O–H groups in total. The van der Waals surface area contributed by atoms with Crippen LogP contribution in [0, 0.1) is 0 Å². The molecule has 24 heavy (non-hydrogen) atoms. The standard InChI is InChI=1S/C16H19N3O3S.ClH/c17-7-9-21-12-5-3-11(4-6-12)19-15(20)14-10-18-16(23-14)13-2-1-8-22-13;/h3-6,10,13H,1-2,7-9,17H2,(H,19,20);1H. The Kier molecular flexibility index (Phi) is 6.99. The van der Waals surface area contributed by atoms with Crippen LogP contribution in [0.3, 0.4) is 0 Å². The molecule has 2 heterocycles. The fourth-order valence-corrected chi connectivity index (χ4v) is 3.22. The van der Waals surface area contributed by atoms with Crippen molar-refractivity contribution in [1.82, 2.24) is 4.98 Å². The van der Waals surface area contributed by atoms with Crippen molar-refractivity contribution in [2.24, 2.45) is 5.73 Å². The molecule has 0 aliphatic carbocycles. The van der Waals surface area contributed by atoms with E-state index in [1.54, 1.807) is 30.5 Å². The smallest absolute Gasteiger partial charge is 0.267 e. The number of nitrogens with one attached hydrogen (secondary N) is 1. The van der Waals surface area contributed by atoms with E-state index in [0.29, 0.717) is 23.7 Å². The largest absolute Gasteiger partial charge is 0.492 e. The van der Waals surface area contributed by atoms with Gasteiger partial charge in [-0.25, -0.2) is 4.98 Å². The van der Waals surface area contributed by atoms with E-state index in [1.165, 1.54) is 11.3 Å². The van der Waals surface area contributed by atoms with Crippen LogP contribution in [0.5, 0.6) is 5.75 Å². The highest BCUT2D eigenvalue weighted by atomic mass is 35.5. The zero-order chi connectivity index (χ0) is 16.1. The molecule has 1 aromatic carbocycles. The number of nitrogens with zero attached hydrogens (tertiary/aromatic N) is 1. The van der Waals surface area contributed by atoms with Crippen molar-refractivity contribution in [2.75, 3.05) is 25.1 Å². The summed E-state index contributed by atoms with van der Waals surface area (Å²) in [4.78, 5) is 17.2. The van der Waals surface area contributed by atoms with E-state index in [-0.39, 0.29) is 24.4 Å². The lowest BCUT2D eigenvalue weighted by atomic mass is 10.2. The molecular formula is C16H20ClN3O3S. The maximum absolute atomic E-state index is 12.3. The zero-order valence-electron chi connectivity index (χ0n) is 13.1. The number of thiazole rings is 1. The summed E-state index contributed by atoms with van der Waals surface area (Å²) in [6, 6.07) is 7.20. The number of halogens is 1. The lowest BCUT2D eigenvalue weighted by Crippen LogP contribution is -2.11. The minimum Gasteiger partial charge on any atom is -0.492 e. The fraction of sp³-hybridized carbons (Fsp3) is 0.375. The highest BCUT2D eigenvalue weighted by Gasteiger charge is 2.22. The Hall–Kier alpha value is -1.67. The van der Waals surface area contributed by atoms with Gasteiger partial charge < -0.3 is 20.5 Å². The zero-order valence-corrected chi connectivity index (χ0v) is 14.7. The van der Waals surface area contributed by atoms with Crippen LogP contribution in [0.2, 0.25) is 0 Å². The number of aromatic nitrogens is 1. The van der Waals surface area contributed by atoms with E-state index in [2.05, 4.69) is 10.3 Å². The van der Waals surface area contributed by atoms with Gasteiger partial charge >= 0.3 is 0 Å². The van der Waals surface area contributed by atoms with Crippen LogP contribution in [0.4, 0.5) is 5.69 Å². The van der Waals surface area contributed by atoms with Gasteiger partial charge in [-0.15, -0.1) is 23.7 Å². The number of carbonyl (C=O) groups is 1. The number of hydrogen-bond donors (Lipinski definition) is 2. The quantitative estimate of drug-likeness (QED) is 0.817. The molecule has 1 atom stereocenters. The van der Waals surface area contributed by atoms with Gasteiger partial charge in [-0.3, -0.25) is 4.79 Å². The third-order valence-corrected chi connectivity index (χ3v) is 4.54. The third kappa shape index (κ3) is 4.67. The summed E-state index contributed by atoms with van der Waals surface area (Å²) < 4.78 is 11.0. The Bertz CT molecular complexity index is 657. The summed E-state index contributed by atoms with van der Waals surface area (Å²) in [5.74, 6) is 0.564. The van der Waals surface area contributed by atoms with Crippen molar-refractivity contribution >= 4 is 35.3 Å². The van der Waals surface area contributed by atoms with Gasteiger partial charge in [0.25, 0.3) is 5.91 Å². The van der Waals surface area contributed by atoms with Crippen LogP contribution < -0.4 is 15.8 Å². The van der Waals surface area contributed by atoms with Gasteiger partial charge in [0.1, 0.15) is 28.3 Å². The highest BCUT2D eigenvalue weighted by molar-refractivity contribution is 7.13. The van der Waals surface area contributed by atoms with Gasteiger partial charge in [-0.05, 0) is 37.1 Å². The van der Waals surface area contributed by atoms with Crippen molar-refractivity contribution < 1.29 is 14.3 Å². The summed E-state index contributed by atoms with van der Waals surface area (Å²) in [6.07, 6.45) is 3.67.